The van der Waals surface area contributed by atoms with E-state index in [1.165, 1.54) is 43.4 Å². The van der Waals surface area contributed by atoms with Crippen molar-refractivity contribution in [1.82, 2.24) is 0 Å². The fraction of sp³-hybridized carbons (Fsp3) is 1.00. The molecule has 0 saturated carbocycles. The lowest BCUT2D eigenvalue weighted by Crippen LogP contribution is -2.50. The Bertz CT molecular complexity index is 136. The molecule has 2 heterocycles. The van der Waals surface area contributed by atoms with E-state index in [9.17, 15) is 0 Å². The van der Waals surface area contributed by atoms with Crippen molar-refractivity contribution in [3.8, 4) is 0 Å². The summed E-state index contributed by atoms with van der Waals surface area (Å²) in [6.07, 6.45) is 4.89. The third-order valence-electron chi connectivity index (χ3n) is 2.94. The van der Waals surface area contributed by atoms with E-state index in [0.717, 1.165) is 6.61 Å². The van der Waals surface area contributed by atoms with Crippen molar-refractivity contribution in [2.24, 2.45) is 0 Å². The summed E-state index contributed by atoms with van der Waals surface area (Å²) in [5, 5.41) is 0. The van der Waals surface area contributed by atoms with Crippen LogP contribution in [0.4, 0.5) is 0 Å². The summed E-state index contributed by atoms with van der Waals surface area (Å²) in [6.45, 7) is 5.04. The maximum Gasteiger partial charge on any atom is 0.130 e. The van der Waals surface area contributed by atoms with E-state index in [2.05, 4.69) is 7.05 Å². The van der Waals surface area contributed by atoms with Gasteiger partial charge >= 0.3 is 0 Å². The Hall–Kier alpha value is -0.0800. The second-order valence-electron chi connectivity index (χ2n) is 4.27. The Morgan fingerprint density at radius 1 is 1.27 bits per heavy atom. The first kappa shape index (κ1) is 7.56. The number of quaternary nitrogens is 1. The number of piperidine rings is 1. The molecule has 0 radical (unpaired) electrons. The molecule has 1 atom stereocenters. The fourth-order valence-corrected chi connectivity index (χ4v) is 2.12. The minimum atomic E-state index is 0.609. The Morgan fingerprint density at radius 3 is 2.45 bits per heavy atom. The molecule has 2 aliphatic heterocycles. The molecule has 2 fully saturated rings. The monoisotopic (exact) mass is 156 g/mol. The quantitative estimate of drug-likeness (QED) is 0.429. The highest BCUT2D eigenvalue weighted by Crippen LogP contribution is 2.21. The molecule has 0 bridgehead atoms. The summed E-state index contributed by atoms with van der Waals surface area (Å²) >= 11 is 0. The van der Waals surface area contributed by atoms with Gasteiger partial charge in [-0.2, -0.15) is 0 Å². The van der Waals surface area contributed by atoms with E-state index in [1.54, 1.807) is 0 Å². The number of ether oxygens (including phenoxy) is 1. The van der Waals surface area contributed by atoms with Crippen LogP contribution in [-0.4, -0.2) is 43.9 Å². The van der Waals surface area contributed by atoms with Gasteiger partial charge in [-0.1, -0.05) is 0 Å². The van der Waals surface area contributed by atoms with Crippen LogP contribution in [0.5, 0.6) is 0 Å². The molecular formula is C9H18NO+. The van der Waals surface area contributed by atoms with Crippen LogP contribution >= 0.6 is 0 Å². The molecular weight excluding hydrogens is 138 g/mol. The molecule has 2 rings (SSSR count). The van der Waals surface area contributed by atoms with Crippen molar-refractivity contribution in [2.45, 2.75) is 25.4 Å². The number of nitrogens with zero attached hydrogens (tertiary/aromatic N) is 1. The summed E-state index contributed by atoms with van der Waals surface area (Å²) < 4.78 is 6.53. The van der Waals surface area contributed by atoms with Gasteiger partial charge in [-0.05, 0) is 19.3 Å². The van der Waals surface area contributed by atoms with Crippen molar-refractivity contribution >= 4 is 0 Å². The number of epoxide rings is 1. The Kier molecular flexibility index (Phi) is 1.90. The van der Waals surface area contributed by atoms with E-state index >= 15 is 0 Å². The molecule has 0 spiro atoms. The van der Waals surface area contributed by atoms with Gasteiger partial charge in [-0.25, -0.2) is 0 Å². The Morgan fingerprint density at radius 2 is 1.91 bits per heavy atom. The fourth-order valence-electron chi connectivity index (χ4n) is 2.12. The van der Waals surface area contributed by atoms with Crippen LogP contribution in [0.2, 0.25) is 0 Å². The first-order valence-electron chi connectivity index (χ1n) is 4.74. The molecule has 0 aliphatic carbocycles. The number of likely N-dealkylation sites (tertiary alicyclic amines) is 1. The first-order valence-corrected chi connectivity index (χ1v) is 4.74. The molecule has 1 unspecified atom stereocenters. The highest BCUT2D eigenvalue weighted by atomic mass is 16.6. The van der Waals surface area contributed by atoms with Crippen LogP contribution in [0.1, 0.15) is 19.3 Å². The summed E-state index contributed by atoms with van der Waals surface area (Å²) in [5.74, 6) is 0. The summed E-state index contributed by atoms with van der Waals surface area (Å²) in [7, 11) is 2.38. The van der Waals surface area contributed by atoms with Crippen molar-refractivity contribution in [1.29, 1.82) is 0 Å². The van der Waals surface area contributed by atoms with E-state index < -0.39 is 0 Å². The second kappa shape index (κ2) is 2.76. The molecule has 2 aliphatic rings. The van der Waals surface area contributed by atoms with Gasteiger partial charge in [0.2, 0.25) is 0 Å². The minimum absolute atomic E-state index is 0.609. The highest BCUT2D eigenvalue weighted by Gasteiger charge is 2.34. The SMILES string of the molecule is C[N+]1(CC2CO2)CCCCC1. The number of hydrogen-bond donors (Lipinski definition) is 0. The summed E-state index contributed by atoms with van der Waals surface area (Å²) in [4.78, 5) is 0. The molecule has 11 heavy (non-hydrogen) atoms. The molecule has 0 aromatic carbocycles. The molecule has 0 aromatic heterocycles. The van der Waals surface area contributed by atoms with Crippen LogP contribution < -0.4 is 0 Å². The molecule has 0 N–H and O–H groups in total. The van der Waals surface area contributed by atoms with Crippen molar-refractivity contribution < 1.29 is 9.22 Å². The largest absolute Gasteiger partial charge is 0.367 e. The van der Waals surface area contributed by atoms with Gasteiger partial charge in [0.05, 0.1) is 26.7 Å². The third-order valence-corrected chi connectivity index (χ3v) is 2.94. The zero-order valence-electron chi connectivity index (χ0n) is 7.38. The van der Waals surface area contributed by atoms with Crippen LogP contribution in [0.3, 0.4) is 0 Å². The van der Waals surface area contributed by atoms with Gasteiger partial charge < -0.3 is 9.22 Å². The maximum absolute atomic E-state index is 5.26. The van der Waals surface area contributed by atoms with Crippen LogP contribution in [0, 0.1) is 0 Å². The predicted octanol–water partition coefficient (Wildman–Crippen LogP) is 1.02. The third kappa shape index (κ3) is 1.94. The average molecular weight is 156 g/mol. The minimum Gasteiger partial charge on any atom is -0.367 e. The highest BCUT2D eigenvalue weighted by molar-refractivity contribution is 4.69. The topological polar surface area (TPSA) is 12.5 Å². The van der Waals surface area contributed by atoms with E-state index in [-0.39, 0.29) is 0 Å². The van der Waals surface area contributed by atoms with Gasteiger partial charge in [0.1, 0.15) is 12.6 Å². The standard InChI is InChI=1S/C9H18NO/c1-10(7-9-8-11-9)5-3-2-4-6-10/h9H,2-8H2,1H3/q+1. The molecule has 2 saturated heterocycles. The van der Waals surface area contributed by atoms with Gasteiger partial charge in [0.25, 0.3) is 0 Å². The smallest absolute Gasteiger partial charge is 0.130 e. The van der Waals surface area contributed by atoms with E-state index in [0.29, 0.717) is 6.10 Å². The van der Waals surface area contributed by atoms with Gasteiger partial charge in [-0.3, -0.25) is 0 Å². The second-order valence-corrected chi connectivity index (χ2v) is 4.27. The zero-order chi connectivity index (χ0) is 7.73. The lowest BCUT2D eigenvalue weighted by atomic mass is 10.1. The number of likely N-dealkylation sites (N-methyl/N-ethyl adjacent to an activating group) is 1. The predicted molar refractivity (Wildman–Crippen MR) is 44.4 cm³/mol. The summed E-state index contributed by atoms with van der Waals surface area (Å²) in [6, 6.07) is 0. The van der Waals surface area contributed by atoms with E-state index in [1.807, 2.05) is 0 Å². The molecule has 0 aromatic rings. The molecule has 2 nitrogen and oxygen atoms in total. The summed E-state index contributed by atoms with van der Waals surface area (Å²) in [5.41, 5.74) is 0. The lowest BCUT2D eigenvalue weighted by molar-refractivity contribution is -0.914. The number of rotatable bonds is 2. The lowest BCUT2D eigenvalue weighted by Gasteiger charge is -2.37. The van der Waals surface area contributed by atoms with Gasteiger partial charge in [0.15, 0.2) is 0 Å². The van der Waals surface area contributed by atoms with Crippen molar-refractivity contribution in [2.75, 3.05) is 33.3 Å². The molecule has 64 valence electrons. The molecule has 2 heteroatoms. The van der Waals surface area contributed by atoms with E-state index in [4.69, 9.17) is 4.74 Å². The molecule has 0 amide bonds. The first-order chi connectivity index (χ1) is 5.29. The Balaban J connectivity index is 1.84. The zero-order valence-corrected chi connectivity index (χ0v) is 7.38. The van der Waals surface area contributed by atoms with Gasteiger partial charge in [-0.15, -0.1) is 0 Å². The van der Waals surface area contributed by atoms with Crippen LogP contribution in [0.15, 0.2) is 0 Å². The average Bonchev–Trinajstić information content (AvgIpc) is 2.72. The van der Waals surface area contributed by atoms with Crippen LogP contribution in [0.25, 0.3) is 0 Å². The Labute approximate surface area is 68.7 Å². The number of hydrogen-bond acceptors (Lipinski definition) is 1. The van der Waals surface area contributed by atoms with Crippen molar-refractivity contribution in [3.05, 3.63) is 0 Å². The maximum atomic E-state index is 5.26. The van der Waals surface area contributed by atoms with Gasteiger partial charge in [0, 0.05) is 0 Å². The van der Waals surface area contributed by atoms with Crippen LogP contribution in [-0.2, 0) is 4.74 Å². The normalized spacial score (nSPS) is 35.2. The van der Waals surface area contributed by atoms with Crippen molar-refractivity contribution in [3.63, 3.8) is 0 Å².